The number of piperazine rings is 1. The third-order valence-electron chi connectivity index (χ3n) is 3.97. The molecule has 1 saturated heterocycles. The Morgan fingerprint density at radius 1 is 1.30 bits per heavy atom. The number of hydrogen-bond acceptors (Lipinski definition) is 7. The summed E-state index contributed by atoms with van der Waals surface area (Å²) < 4.78 is 5.14. The minimum absolute atomic E-state index is 0. The van der Waals surface area contributed by atoms with Gasteiger partial charge in [-0.15, -0.1) is 23.7 Å². The first-order valence-corrected chi connectivity index (χ1v) is 8.28. The first-order chi connectivity index (χ1) is 10.6. The maximum atomic E-state index is 12.1. The van der Waals surface area contributed by atoms with E-state index < -0.39 is 0 Å². The van der Waals surface area contributed by atoms with Gasteiger partial charge in [-0.3, -0.25) is 0 Å². The second-order valence-electron chi connectivity index (χ2n) is 5.44. The molecule has 3 heterocycles. The second-order valence-corrected chi connectivity index (χ2v) is 6.44. The highest BCUT2D eigenvalue weighted by Gasteiger charge is 2.24. The second kappa shape index (κ2) is 7.42. The van der Waals surface area contributed by atoms with Crippen LogP contribution in [0.3, 0.4) is 0 Å². The van der Waals surface area contributed by atoms with E-state index in [0.29, 0.717) is 11.5 Å². The van der Waals surface area contributed by atoms with Crippen LogP contribution in [0.4, 0.5) is 5.82 Å². The lowest BCUT2D eigenvalue weighted by atomic mass is 10.2. The SMILES string of the molecule is CCOC(=O)c1sc2ncnc(N3CCN(C)CC3)c2c1C.Cl. The molecule has 0 bridgehead atoms. The maximum Gasteiger partial charge on any atom is 0.348 e. The zero-order chi connectivity index (χ0) is 15.7. The van der Waals surface area contributed by atoms with E-state index in [-0.39, 0.29) is 18.4 Å². The number of carbonyl (C=O) groups excluding carboxylic acids is 1. The van der Waals surface area contributed by atoms with Gasteiger partial charge in [0.05, 0.1) is 12.0 Å². The van der Waals surface area contributed by atoms with Crippen LogP contribution < -0.4 is 4.90 Å². The standard InChI is InChI=1S/C15H20N4O2S.ClH/c1-4-21-15(20)12-10(2)11-13(16-9-17-14(11)22-12)19-7-5-18(3)6-8-19;/h9H,4-8H2,1-3H3;1H. The zero-order valence-electron chi connectivity index (χ0n) is 13.5. The van der Waals surface area contributed by atoms with Crippen LogP contribution in [-0.4, -0.2) is 60.7 Å². The Balaban J connectivity index is 0.00000192. The Bertz CT molecular complexity index is 698. The van der Waals surface area contributed by atoms with E-state index in [1.165, 1.54) is 11.3 Å². The molecule has 1 fully saturated rings. The molecule has 2 aromatic rings. The third-order valence-corrected chi connectivity index (χ3v) is 5.15. The molecule has 0 spiro atoms. The minimum atomic E-state index is -0.271. The Morgan fingerprint density at radius 2 is 2.00 bits per heavy atom. The number of rotatable bonds is 3. The van der Waals surface area contributed by atoms with Crippen LogP contribution in [0, 0.1) is 6.92 Å². The molecule has 0 aromatic carbocycles. The number of anilines is 1. The van der Waals surface area contributed by atoms with Crippen molar-refractivity contribution in [2.45, 2.75) is 13.8 Å². The first kappa shape index (κ1) is 17.9. The molecule has 126 valence electrons. The number of carbonyl (C=O) groups is 1. The van der Waals surface area contributed by atoms with Crippen LogP contribution in [0.1, 0.15) is 22.2 Å². The minimum Gasteiger partial charge on any atom is -0.462 e. The average molecular weight is 357 g/mol. The van der Waals surface area contributed by atoms with Crippen LogP contribution in [0.2, 0.25) is 0 Å². The molecule has 6 nitrogen and oxygen atoms in total. The predicted molar refractivity (Wildman–Crippen MR) is 95.1 cm³/mol. The topological polar surface area (TPSA) is 58.6 Å². The number of halogens is 1. The number of likely N-dealkylation sites (N-methyl/N-ethyl adjacent to an activating group) is 1. The van der Waals surface area contributed by atoms with Crippen molar-refractivity contribution in [3.63, 3.8) is 0 Å². The average Bonchev–Trinajstić information content (AvgIpc) is 2.86. The van der Waals surface area contributed by atoms with Gasteiger partial charge in [-0.25, -0.2) is 14.8 Å². The van der Waals surface area contributed by atoms with Gasteiger partial charge in [0.25, 0.3) is 0 Å². The van der Waals surface area contributed by atoms with Crippen molar-refractivity contribution in [2.75, 3.05) is 44.7 Å². The number of nitrogens with zero attached hydrogens (tertiary/aromatic N) is 4. The smallest absolute Gasteiger partial charge is 0.348 e. The lowest BCUT2D eigenvalue weighted by molar-refractivity contribution is 0.0531. The van der Waals surface area contributed by atoms with Crippen LogP contribution in [0.25, 0.3) is 10.2 Å². The van der Waals surface area contributed by atoms with Crippen molar-refractivity contribution in [3.8, 4) is 0 Å². The van der Waals surface area contributed by atoms with Gasteiger partial charge in [0.2, 0.25) is 0 Å². The fourth-order valence-corrected chi connectivity index (χ4v) is 3.74. The Labute approximate surface area is 145 Å². The number of ether oxygens (including phenoxy) is 1. The summed E-state index contributed by atoms with van der Waals surface area (Å²) in [6, 6.07) is 0. The molecule has 0 saturated carbocycles. The Kier molecular flexibility index (Phi) is 5.78. The first-order valence-electron chi connectivity index (χ1n) is 7.46. The summed E-state index contributed by atoms with van der Waals surface area (Å²) in [6.07, 6.45) is 1.58. The van der Waals surface area contributed by atoms with E-state index in [9.17, 15) is 4.79 Å². The van der Waals surface area contributed by atoms with Crippen molar-refractivity contribution >= 4 is 45.7 Å². The monoisotopic (exact) mass is 356 g/mol. The highest BCUT2D eigenvalue weighted by Crippen LogP contribution is 2.35. The van der Waals surface area contributed by atoms with Gasteiger partial charge in [0.15, 0.2) is 0 Å². The zero-order valence-corrected chi connectivity index (χ0v) is 15.2. The quantitative estimate of drug-likeness (QED) is 0.787. The Hall–Kier alpha value is -1.44. The van der Waals surface area contributed by atoms with Gasteiger partial charge in [-0.1, -0.05) is 0 Å². The largest absolute Gasteiger partial charge is 0.462 e. The van der Waals surface area contributed by atoms with E-state index in [1.807, 2.05) is 13.8 Å². The molecule has 8 heteroatoms. The number of thiophene rings is 1. The summed E-state index contributed by atoms with van der Waals surface area (Å²) in [5, 5.41) is 0.986. The highest BCUT2D eigenvalue weighted by atomic mass is 35.5. The summed E-state index contributed by atoms with van der Waals surface area (Å²) in [5.41, 5.74) is 0.924. The van der Waals surface area contributed by atoms with E-state index in [1.54, 1.807) is 6.33 Å². The number of hydrogen-bond donors (Lipinski definition) is 0. The lowest BCUT2D eigenvalue weighted by Crippen LogP contribution is -2.44. The summed E-state index contributed by atoms with van der Waals surface area (Å²) in [6.45, 7) is 8.05. The molecule has 0 amide bonds. The number of esters is 1. The van der Waals surface area contributed by atoms with Crippen molar-refractivity contribution < 1.29 is 9.53 Å². The van der Waals surface area contributed by atoms with Crippen molar-refractivity contribution in [3.05, 3.63) is 16.8 Å². The summed E-state index contributed by atoms with van der Waals surface area (Å²) >= 11 is 1.39. The van der Waals surface area contributed by atoms with Crippen molar-refractivity contribution in [1.29, 1.82) is 0 Å². The number of fused-ring (bicyclic) bond motifs is 1. The molecule has 0 atom stereocenters. The molecule has 0 N–H and O–H groups in total. The van der Waals surface area contributed by atoms with E-state index in [4.69, 9.17) is 4.74 Å². The summed E-state index contributed by atoms with van der Waals surface area (Å²) in [4.78, 5) is 27.0. The summed E-state index contributed by atoms with van der Waals surface area (Å²) in [7, 11) is 2.13. The maximum absolute atomic E-state index is 12.1. The molecular formula is C15H21ClN4O2S. The molecule has 0 unspecified atom stereocenters. The van der Waals surface area contributed by atoms with E-state index >= 15 is 0 Å². The fraction of sp³-hybridized carbons (Fsp3) is 0.533. The Morgan fingerprint density at radius 3 is 2.65 bits per heavy atom. The van der Waals surface area contributed by atoms with Gasteiger partial charge in [-0.2, -0.15) is 0 Å². The fourth-order valence-electron chi connectivity index (χ4n) is 2.70. The molecule has 2 aromatic heterocycles. The van der Waals surface area contributed by atoms with Crippen LogP contribution >= 0.6 is 23.7 Å². The van der Waals surface area contributed by atoms with Crippen LogP contribution in [0.5, 0.6) is 0 Å². The van der Waals surface area contributed by atoms with E-state index in [2.05, 4.69) is 26.8 Å². The lowest BCUT2D eigenvalue weighted by Gasteiger charge is -2.33. The highest BCUT2D eigenvalue weighted by molar-refractivity contribution is 7.20. The summed E-state index contributed by atoms with van der Waals surface area (Å²) in [5.74, 6) is 0.662. The van der Waals surface area contributed by atoms with Gasteiger partial charge in [0.1, 0.15) is 21.9 Å². The van der Waals surface area contributed by atoms with Gasteiger partial charge in [0, 0.05) is 26.2 Å². The predicted octanol–water partition coefficient (Wildman–Crippen LogP) is 2.35. The number of aryl methyl sites for hydroxylation is 1. The van der Waals surface area contributed by atoms with Crippen molar-refractivity contribution in [1.82, 2.24) is 14.9 Å². The normalized spacial score (nSPS) is 15.5. The third kappa shape index (κ3) is 3.41. The van der Waals surface area contributed by atoms with Gasteiger partial charge in [-0.05, 0) is 26.5 Å². The molecule has 1 aliphatic rings. The molecule has 1 aliphatic heterocycles. The van der Waals surface area contributed by atoms with Gasteiger partial charge >= 0.3 is 5.97 Å². The molecular weight excluding hydrogens is 336 g/mol. The molecule has 0 radical (unpaired) electrons. The van der Waals surface area contributed by atoms with Crippen LogP contribution in [-0.2, 0) is 4.74 Å². The molecule has 3 rings (SSSR count). The van der Waals surface area contributed by atoms with Gasteiger partial charge < -0.3 is 14.5 Å². The van der Waals surface area contributed by atoms with Crippen molar-refractivity contribution in [2.24, 2.45) is 0 Å². The van der Waals surface area contributed by atoms with E-state index in [0.717, 1.165) is 47.8 Å². The van der Waals surface area contributed by atoms with Crippen LogP contribution in [0.15, 0.2) is 6.33 Å². The molecule has 23 heavy (non-hydrogen) atoms. The number of aromatic nitrogens is 2. The molecule has 0 aliphatic carbocycles.